The molecule has 0 amide bonds. The van der Waals surface area contributed by atoms with Crippen LogP contribution >= 0.6 is 0 Å². The summed E-state index contributed by atoms with van der Waals surface area (Å²) >= 11 is 0. The van der Waals surface area contributed by atoms with Crippen molar-refractivity contribution in [2.24, 2.45) is 10.9 Å². The monoisotopic (exact) mass is 336 g/mol. The largest absolute Gasteiger partial charge is 0.401 e. The summed E-state index contributed by atoms with van der Waals surface area (Å²) in [5.41, 5.74) is 0. The summed E-state index contributed by atoms with van der Waals surface area (Å²) in [4.78, 5) is 5.77. The van der Waals surface area contributed by atoms with Gasteiger partial charge in [0.1, 0.15) is 0 Å². The van der Waals surface area contributed by atoms with Crippen LogP contribution in [0.25, 0.3) is 0 Å². The number of guanidine groups is 1. The topological polar surface area (TPSA) is 39.7 Å². The van der Waals surface area contributed by atoms with Crippen LogP contribution in [0.2, 0.25) is 0 Å². The van der Waals surface area contributed by atoms with Gasteiger partial charge in [0.2, 0.25) is 0 Å². The van der Waals surface area contributed by atoms with Gasteiger partial charge in [-0.15, -0.1) is 0 Å². The molecular weight excluding hydrogens is 305 g/mol. The van der Waals surface area contributed by atoms with Gasteiger partial charge in [-0.25, -0.2) is 0 Å². The molecule has 1 saturated carbocycles. The van der Waals surface area contributed by atoms with Crippen LogP contribution < -0.4 is 10.6 Å². The van der Waals surface area contributed by atoms with Crippen molar-refractivity contribution >= 4 is 5.96 Å². The zero-order valence-corrected chi connectivity index (χ0v) is 14.5. The van der Waals surface area contributed by atoms with Crippen LogP contribution in [0.4, 0.5) is 13.2 Å². The van der Waals surface area contributed by atoms with Crippen molar-refractivity contribution in [2.45, 2.75) is 58.2 Å². The van der Waals surface area contributed by atoms with Crippen LogP contribution in [-0.4, -0.2) is 56.3 Å². The second kappa shape index (κ2) is 10.0. The molecule has 0 atom stereocenters. The first-order chi connectivity index (χ1) is 10.8. The molecule has 0 spiro atoms. The molecule has 0 radical (unpaired) electrons. The maximum atomic E-state index is 12.2. The van der Waals surface area contributed by atoms with Gasteiger partial charge < -0.3 is 10.6 Å². The number of hydrogen-bond acceptors (Lipinski definition) is 2. The Balaban J connectivity index is 2.31. The molecule has 0 heterocycles. The lowest BCUT2D eigenvalue weighted by atomic mass is 9.87. The fraction of sp³-hybridized carbons (Fsp3) is 0.938. The van der Waals surface area contributed by atoms with Crippen LogP contribution in [0, 0.1) is 5.92 Å². The number of rotatable bonds is 7. The fourth-order valence-electron chi connectivity index (χ4n) is 2.83. The quantitative estimate of drug-likeness (QED) is 0.426. The first-order valence-corrected chi connectivity index (χ1v) is 8.60. The molecule has 1 fully saturated rings. The van der Waals surface area contributed by atoms with E-state index in [9.17, 15) is 13.2 Å². The summed E-state index contributed by atoms with van der Waals surface area (Å²) in [6.07, 6.45) is 1.26. The lowest BCUT2D eigenvalue weighted by Gasteiger charge is -2.28. The van der Waals surface area contributed by atoms with Gasteiger partial charge >= 0.3 is 6.18 Å². The van der Waals surface area contributed by atoms with E-state index in [0.717, 1.165) is 31.3 Å². The minimum absolute atomic E-state index is 0.392. The maximum absolute atomic E-state index is 12.2. The van der Waals surface area contributed by atoms with Crippen molar-refractivity contribution in [1.82, 2.24) is 15.5 Å². The normalized spacial score (nSPS) is 23.2. The van der Waals surface area contributed by atoms with Crippen molar-refractivity contribution in [3.05, 3.63) is 0 Å². The van der Waals surface area contributed by atoms with Crippen LogP contribution in [-0.2, 0) is 0 Å². The molecule has 4 nitrogen and oxygen atoms in total. The van der Waals surface area contributed by atoms with Gasteiger partial charge in [0, 0.05) is 19.1 Å². The Kier molecular flexibility index (Phi) is 8.73. The average molecular weight is 336 g/mol. The van der Waals surface area contributed by atoms with Crippen LogP contribution in [0.5, 0.6) is 0 Å². The lowest BCUT2D eigenvalue weighted by molar-refractivity contribution is -0.143. The van der Waals surface area contributed by atoms with E-state index in [1.165, 1.54) is 24.8 Å². The van der Waals surface area contributed by atoms with Crippen molar-refractivity contribution in [3.8, 4) is 0 Å². The Hall–Kier alpha value is -0.980. The Morgan fingerprint density at radius 3 is 2.43 bits per heavy atom. The molecule has 0 aromatic rings. The van der Waals surface area contributed by atoms with E-state index in [1.54, 1.807) is 0 Å². The minimum atomic E-state index is -4.13. The van der Waals surface area contributed by atoms with Gasteiger partial charge in [0.05, 0.1) is 6.54 Å². The number of halogens is 3. The molecule has 1 aliphatic rings. The predicted molar refractivity (Wildman–Crippen MR) is 88.7 cm³/mol. The third-order valence-electron chi connectivity index (χ3n) is 4.12. The highest BCUT2D eigenvalue weighted by Crippen LogP contribution is 2.23. The van der Waals surface area contributed by atoms with Crippen molar-refractivity contribution in [3.63, 3.8) is 0 Å². The molecule has 0 aromatic carbocycles. The Morgan fingerprint density at radius 1 is 1.22 bits per heavy atom. The molecule has 23 heavy (non-hydrogen) atoms. The molecule has 2 N–H and O–H groups in total. The summed E-state index contributed by atoms with van der Waals surface area (Å²) in [6.45, 7) is 5.13. The lowest BCUT2D eigenvalue weighted by Crippen LogP contribution is -2.44. The van der Waals surface area contributed by atoms with Crippen molar-refractivity contribution < 1.29 is 13.2 Å². The van der Waals surface area contributed by atoms with Crippen LogP contribution in [0.1, 0.15) is 46.0 Å². The Bertz CT molecular complexity index is 350. The van der Waals surface area contributed by atoms with Gasteiger partial charge in [-0.2, -0.15) is 13.2 Å². The van der Waals surface area contributed by atoms with Gasteiger partial charge in [0.25, 0.3) is 0 Å². The van der Waals surface area contributed by atoms with E-state index in [2.05, 4.69) is 22.5 Å². The average Bonchev–Trinajstić information content (AvgIpc) is 2.44. The fourth-order valence-corrected chi connectivity index (χ4v) is 2.83. The van der Waals surface area contributed by atoms with Gasteiger partial charge in [0.15, 0.2) is 5.96 Å². The van der Waals surface area contributed by atoms with Crippen molar-refractivity contribution in [1.29, 1.82) is 0 Å². The third-order valence-corrected chi connectivity index (χ3v) is 4.12. The number of nitrogens with zero attached hydrogens (tertiary/aromatic N) is 2. The number of hydrogen-bond donors (Lipinski definition) is 2. The minimum Gasteiger partial charge on any atom is -0.357 e. The second-order valence-electron chi connectivity index (χ2n) is 6.57. The number of alkyl halides is 3. The number of aliphatic imine (C=N–C) groups is 1. The summed E-state index contributed by atoms with van der Waals surface area (Å²) < 4.78 is 36.7. The van der Waals surface area contributed by atoms with Crippen LogP contribution in [0.15, 0.2) is 4.99 Å². The summed E-state index contributed by atoms with van der Waals surface area (Å²) in [6, 6.07) is 0.455. The van der Waals surface area contributed by atoms with E-state index in [4.69, 9.17) is 0 Å². The summed E-state index contributed by atoms with van der Waals surface area (Å²) in [5.74, 6) is 1.59. The molecule has 0 saturated heterocycles. The van der Waals surface area contributed by atoms with E-state index in [-0.39, 0.29) is 0 Å². The van der Waals surface area contributed by atoms with Gasteiger partial charge in [-0.3, -0.25) is 9.89 Å². The number of nitrogens with one attached hydrogen (secondary N) is 2. The highest BCUT2D eigenvalue weighted by Gasteiger charge is 2.28. The van der Waals surface area contributed by atoms with E-state index in [0.29, 0.717) is 25.6 Å². The molecule has 1 rings (SSSR count). The standard InChI is InChI=1S/C16H31F3N4/c1-4-20-15(22-14-8-6-13(2)7-9-14)21-10-5-11-23(3)12-16(17,18)19/h13-14H,4-12H2,1-3H3,(H2,20,21,22). The van der Waals surface area contributed by atoms with Crippen LogP contribution in [0.3, 0.4) is 0 Å². The third kappa shape index (κ3) is 9.69. The summed E-state index contributed by atoms with van der Waals surface area (Å²) in [5, 5.41) is 6.66. The molecule has 0 unspecified atom stereocenters. The predicted octanol–water partition coefficient (Wildman–Crippen LogP) is 3.00. The van der Waals surface area contributed by atoms with E-state index >= 15 is 0 Å². The molecular formula is C16H31F3N4. The highest BCUT2D eigenvalue weighted by atomic mass is 19.4. The van der Waals surface area contributed by atoms with Gasteiger partial charge in [-0.1, -0.05) is 6.92 Å². The molecule has 136 valence electrons. The molecule has 1 aliphatic carbocycles. The molecule has 7 heteroatoms. The van der Waals surface area contributed by atoms with Crippen molar-refractivity contribution in [2.75, 3.05) is 33.2 Å². The first-order valence-electron chi connectivity index (χ1n) is 8.60. The summed E-state index contributed by atoms with van der Waals surface area (Å²) in [7, 11) is 1.49. The van der Waals surface area contributed by atoms with E-state index < -0.39 is 12.7 Å². The molecule has 0 aromatic heterocycles. The molecule has 0 aliphatic heterocycles. The second-order valence-corrected chi connectivity index (χ2v) is 6.57. The highest BCUT2D eigenvalue weighted by molar-refractivity contribution is 5.80. The zero-order valence-electron chi connectivity index (χ0n) is 14.5. The van der Waals surface area contributed by atoms with E-state index in [1.807, 2.05) is 6.92 Å². The first kappa shape index (κ1) is 20.1. The molecule has 0 bridgehead atoms. The Labute approximate surface area is 137 Å². The zero-order chi connectivity index (χ0) is 17.3. The smallest absolute Gasteiger partial charge is 0.357 e. The SMILES string of the molecule is CCNC(=NCCCN(C)CC(F)(F)F)NC1CCC(C)CC1. The van der Waals surface area contributed by atoms with Gasteiger partial charge in [-0.05, 0) is 58.5 Å². The Morgan fingerprint density at radius 2 is 1.87 bits per heavy atom. The maximum Gasteiger partial charge on any atom is 0.401 e.